The summed E-state index contributed by atoms with van der Waals surface area (Å²) in [5, 5.41) is 6.05. The summed E-state index contributed by atoms with van der Waals surface area (Å²) in [4.78, 5) is 24.4. The van der Waals surface area contributed by atoms with E-state index in [0.29, 0.717) is 39.2 Å². The Bertz CT molecular complexity index is 1100. The highest BCUT2D eigenvalue weighted by Gasteiger charge is 2.14. The first-order valence-electron chi connectivity index (χ1n) is 9.36. The molecule has 162 valence electrons. The van der Waals surface area contributed by atoms with Gasteiger partial charge in [0.1, 0.15) is 17.3 Å². The minimum atomic E-state index is -0.624. The van der Waals surface area contributed by atoms with Gasteiger partial charge in [0.2, 0.25) is 5.91 Å². The van der Waals surface area contributed by atoms with Crippen LogP contribution in [0.25, 0.3) is 0 Å². The fraction of sp³-hybridized carbons (Fsp3) is 0.182. The predicted molar refractivity (Wildman–Crippen MR) is 118 cm³/mol. The van der Waals surface area contributed by atoms with Gasteiger partial charge in [0.05, 0.1) is 29.1 Å². The molecule has 0 saturated carbocycles. The van der Waals surface area contributed by atoms with Crippen molar-refractivity contribution in [2.45, 2.75) is 19.8 Å². The van der Waals surface area contributed by atoms with Crippen LogP contribution in [0.5, 0.6) is 5.75 Å². The Labute approximate surface area is 188 Å². The second-order valence-corrected chi connectivity index (χ2v) is 7.46. The molecular formula is C22H19Cl2FN2O4. The monoisotopic (exact) mass is 464 g/mol. The van der Waals surface area contributed by atoms with E-state index in [1.165, 1.54) is 30.5 Å². The van der Waals surface area contributed by atoms with Gasteiger partial charge in [-0.25, -0.2) is 4.39 Å². The Morgan fingerprint density at radius 1 is 1.10 bits per heavy atom. The number of amides is 2. The molecular weight excluding hydrogens is 446 g/mol. The topological polar surface area (TPSA) is 80.6 Å². The molecule has 0 radical (unpaired) electrons. The molecule has 6 nitrogen and oxygen atoms in total. The third-order valence-corrected chi connectivity index (χ3v) is 4.83. The van der Waals surface area contributed by atoms with E-state index >= 15 is 0 Å². The van der Waals surface area contributed by atoms with E-state index < -0.39 is 11.7 Å². The van der Waals surface area contributed by atoms with Crippen molar-refractivity contribution < 1.29 is 23.1 Å². The number of rotatable bonds is 8. The number of aryl methyl sites for hydroxylation is 1. The van der Waals surface area contributed by atoms with Gasteiger partial charge in [-0.05, 0) is 55.8 Å². The van der Waals surface area contributed by atoms with Gasteiger partial charge >= 0.3 is 0 Å². The Morgan fingerprint density at radius 3 is 2.61 bits per heavy atom. The number of halogens is 3. The third-order valence-electron chi connectivity index (χ3n) is 4.30. The maximum Gasteiger partial charge on any atom is 0.259 e. The van der Waals surface area contributed by atoms with Crippen molar-refractivity contribution in [1.29, 1.82) is 0 Å². The smallest absolute Gasteiger partial charge is 0.259 e. The molecule has 2 N–H and O–H groups in total. The standard InChI is InChI=1S/C22H19Cl2FN2O4/c1-13-16(8-10-30-13)22(29)27-19-12-15(5-6-18(19)25)26-21(28)3-2-9-31-20-7-4-14(23)11-17(20)24/h4-8,10-12H,2-3,9H2,1H3,(H,26,28)(H,27,29). The molecule has 3 rings (SSSR count). The van der Waals surface area contributed by atoms with Crippen molar-refractivity contribution in [3.63, 3.8) is 0 Å². The molecule has 0 atom stereocenters. The van der Waals surface area contributed by atoms with Gasteiger partial charge in [0.15, 0.2) is 0 Å². The average Bonchev–Trinajstić information content (AvgIpc) is 3.15. The van der Waals surface area contributed by atoms with E-state index in [9.17, 15) is 14.0 Å². The number of benzene rings is 2. The molecule has 0 bridgehead atoms. The molecule has 2 aromatic carbocycles. The lowest BCUT2D eigenvalue weighted by Gasteiger charge is -2.11. The largest absolute Gasteiger partial charge is 0.492 e. The lowest BCUT2D eigenvalue weighted by molar-refractivity contribution is -0.116. The van der Waals surface area contributed by atoms with E-state index in [1.807, 2.05) is 0 Å². The molecule has 3 aromatic rings. The van der Waals surface area contributed by atoms with Gasteiger partial charge < -0.3 is 19.8 Å². The van der Waals surface area contributed by atoms with Crippen LogP contribution in [0, 0.1) is 12.7 Å². The average molecular weight is 465 g/mol. The molecule has 0 unspecified atom stereocenters. The van der Waals surface area contributed by atoms with Gasteiger partial charge in [-0.2, -0.15) is 0 Å². The number of hydrogen-bond donors (Lipinski definition) is 2. The first-order chi connectivity index (χ1) is 14.8. The predicted octanol–water partition coefficient (Wildman–Crippen LogP) is 6.08. The van der Waals surface area contributed by atoms with Crippen molar-refractivity contribution in [2.24, 2.45) is 0 Å². The molecule has 1 heterocycles. The van der Waals surface area contributed by atoms with Crippen molar-refractivity contribution in [3.05, 3.63) is 75.9 Å². The molecule has 0 aliphatic rings. The molecule has 1 aromatic heterocycles. The van der Waals surface area contributed by atoms with Gasteiger partial charge in [-0.1, -0.05) is 23.2 Å². The molecule has 0 saturated heterocycles. The number of carbonyl (C=O) groups excluding carboxylic acids is 2. The molecule has 9 heteroatoms. The van der Waals surface area contributed by atoms with Crippen molar-refractivity contribution in [2.75, 3.05) is 17.2 Å². The Hall–Kier alpha value is -3.03. The van der Waals surface area contributed by atoms with Crippen LogP contribution in [-0.2, 0) is 4.79 Å². The summed E-state index contributed by atoms with van der Waals surface area (Å²) >= 11 is 11.9. The molecule has 0 aliphatic carbocycles. The fourth-order valence-corrected chi connectivity index (χ4v) is 3.20. The Kier molecular flexibility index (Phi) is 7.55. The minimum Gasteiger partial charge on any atom is -0.492 e. The second-order valence-electron chi connectivity index (χ2n) is 6.61. The number of hydrogen-bond acceptors (Lipinski definition) is 4. The lowest BCUT2D eigenvalue weighted by Crippen LogP contribution is -2.15. The van der Waals surface area contributed by atoms with E-state index in [4.69, 9.17) is 32.4 Å². The maximum absolute atomic E-state index is 14.1. The van der Waals surface area contributed by atoms with Crippen molar-refractivity contribution in [3.8, 4) is 5.75 Å². The highest BCUT2D eigenvalue weighted by molar-refractivity contribution is 6.35. The van der Waals surface area contributed by atoms with E-state index in [-0.39, 0.29) is 24.6 Å². The highest BCUT2D eigenvalue weighted by Crippen LogP contribution is 2.27. The van der Waals surface area contributed by atoms with Gasteiger partial charge in [-0.15, -0.1) is 0 Å². The SMILES string of the molecule is Cc1occc1C(=O)Nc1cc(NC(=O)CCCOc2ccc(Cl)cc2Cl)ccc1F. The van der Waals surface area contributed by atoms with Crippen molar-refractivity contribution in [1.82, 2.24) is 0 Å². The third kappa shape index (κ3) is 6.23. The second kappa shape index (κ2) is 10.3. The van der Waals surface area contributed by atoms with Crippen LogP contribution in [0.2, 0.25) is 10.0 Å². The molecule has 0 aliphatic heterocycles. The number of ether oxygens (including phenoxy) is 1. The van der Waals surface area contributed by atoms with Crippen LogP contribution in [0.1, 0.15) is 29.0 Å². The van der Waals surface area contributed by atoms with Crippen LogP contribution in [0.3, 0.4) is 0 Å². The van der Waals surface area contributed by atoms with Crippen LogP contribution in [0.4, 0.5) is 15.8 Å². The van der Waals surface area contributed by atoms with Gasteiger partial charge in [0, 0.05) is 17.1 Å². The van der Waals surface area contributed by atoms with Crippen LogP contribution >= 0.6 is 23.2 Å². The van der Waals surface area contributed by atoms with Crippen LogP contribution < -0.4 is 15.4 Å². The molecule has 0 spiro atoms. The molecule has 2 amide bonds. The van der Waals surface area contributed by atoms with Crippen LogP contribution in [0.15, 0.2) is 53.1 Å². The number of furan rings is 1. The summed E-state index contributed by atoms with van der Waals surface area (Å²) in [7, 11) is 0. The first kappa shape index (κ1) is 22.7. The van der Waals surface area contributed by atoms with E-state index in [1.54, 1.807) is 25.1 Å². The van der Waals surface area contributed by atoms with E-state index in [2.05, 4.69) is 10.6 Å². The summed E-state index contributed by atoms with van der Waals surface area (Å²) in [6, 6.07) is 10.3. The maximum atomic E-state index is 14.1. The summed E-state index contributed by atoms with van der Waals surface area (Å²) < 4.78 is 24.7. The summed E-state index contributed by atoms with van der Waals surface area (Å²) in [5.74, 6) is -0.504. The van der Waals surface area contributed by atoms with Crippen LogP contribution in [-0.4, -0.2) is 18.4 Å². The zero-order chi connectivity index (χ0) is 22.4. The minimum absolute atomic E-state index is 0.0517. The van der Waals surface area contributed by atoms with Gasteiger partial charge in [0.25, 0.3) is 5.91 Å². The Balaban J connectivity index is 1.51. The number of carbonyl (C=O) groups is 2. The molecule has 0 fully saturated rings. The normalized spacial score (nSPS) is 10.6. The van der Waals surface area contributed by atoms with Gasteiger partial charge in [-0.3, -0.25) is 9.59 Å². The highest BCUT2D eigenvalue weighted by atomic mass is 35.5. The van der Waals surface area contributed by atoms with E-state index in [0.717, 1.165) is 0 Å². The van der Waals surface area contributed by atoms with Crippen molar-refractivity contribution >= 4 is 46.4 Å². The summed E-state index contributed by atoms with van der Waals surface area (Å²) in [6.07, 6.45) is 2.00. The molecule has 31 heavy (non-hydrogen) atoms. The number of nitrogens with one attached hydrogen (secondary N) is 2. The Morgan fingerprint density at radius 2 is 1.90 bits per heavy atom. The first-order valence-corrected chi connectivity index (χ1v) is 10.1. The zero-order valence-electron chi connectivity index (χ0n) is 16.5. The zero-order valence-corrected chi connectivity index (χ0v) is 18.0. The fourth-order valence-electron chi connectivity index (χ4n) is 2.74. The number of anilines is 2. The lowest BCUT2D eigenvalue weighted by atomic mass is 10.2. The quantitative estimate of drug-likeness (QED) is 0.395. The summed E-state index contributed by atoms with van der Waals surface area (Å²) in [5.41, 5.74) is 0.603. The summed E-state index contributed by atoms with van der Waals surface area (Å²) in [6.45, 7) is 1.91.